The van der Waals surface area contributed by atoms with E-state index in [0.717, 1.165) is 21.2 Å². The van der Waals surface area contributed by atoms with Crippen molar-refractivity contribution in [3.63, 3.8) is 0 Å². The Labute approximate surface area is 190 Å². The highest BCUT2D eigenvalue weighted by atomic mass is 79.9. The van der Waals surface area contributed by atoms with Crippen molar-refractivity contribution < 1.29 is 14.7 Å². The lowest BCUT2D eigenvalue weighted by Gasteiger charge is -2.22. The predicted octanol–water partition coefficient (Wildman–Crippen LogP) is 5.16. The number of carbonyl (C=O) groups is 2. The van der Waals surface area contributed by atoms with Crippen LogP contribution in [-0.2, 0) is 21.7 Å². The third-order valence-corrected chi connectivity index (χ3v) is 5.94. The molecule has 1 N–H and O–H groups in total. The predicted molar refractivity (Wildman–Crippen MR) is 126 cm³/mol. The summed E-state index contributed by atoms with van der Waals surface area (Å²) in [6.07, 6.45) is 2.79. The Morgan fingerprint density at radius 3 is 2.48 bits per heavy atom. The number of aliphatic hydroxyl groups is 1. The van der Waals surface area contributed by atoms with Crippen LogP contribution in [0.2, 0.25) is 0 Å². The van der Waals surface area contributed by atoms with Gasteiger partial charge in [-0.05, 0) is 42.3 Å². The standard InChI is InChI=1S/C26H22BrNO3/c1-18-7-9-20(10-8-18)17-28-24-14-12-21(27)15-23(24)26(31,25(28)30)16-22(29)13-11-19-5-3-2-4-6-19/h2-15,31H,16-17H2,1H3. The molecule has 0 spiro atoms. The van der Waals surface area contributed by atoms with Crippen LogP contribution in [0, 0.1) is 6.92 Å². The number of hydrogen-bond acceptors (Lipinski definition) is 3. The van der Waals surface area contributed by atoms with E-state index in [1.807, 2.05) is 67.6 Å². The molecule has 1 unspecified atom stereocenters. The molecule has 31 heavy (non-hydrogen) atoms. The van der Waals surface area contributed by atoms with Gasteiger partial charge in [0.15, 0.2) is 11.4 Å². The summed E-state index contributed by atoms with van der Waals surface area (Å²) in [7, 11) is 0. The van der Waals surface area contributed by atoms with E-state index in [1.165, 1.54) is 6.08 Å². The molecule has 1 amide bonds. The van der Waals surface area contributed by atoms with E-state index >= 15 is 0 Å². The van der Waals surface area contributed by atoms with E-state index in [9.17, 15) is 14.7 Å². The highest BCUT2D eigenvalue weighted by Crippen LogP contribution is 2.44. The van der Waals surface area contributed by atoms with Crippen LogP contribution in [0.3, 0.4) is 0 Å². The number of benzene rings is 3. The van der Waals surface area contributed by atoms with Crippen molar-refractivity contribution in [1.82, 2.24) is 0 Å². The third kappa shape index (κ3) is 4.38. The molecule has 0 bridgehead atoms. The maximum atomic E-state index is 13.4. The number of ketones is 1. The highest BCUT2D eigenvalue weighted by Gasteiger charge is 2.50. The fourth-order valence-electron chi connectivity index (χ4n) is 3.79. The Bertz CT molecular complexity index is 1160. The van der Waals surface area contributed by atoms with Crippen molar-refractivity contribution in [3.05, 3.63) is 106 Å². The Morgan fingerprint density at radius 2 is 1.77 bits per heavy atom. The number of nitrogens with zero attached hydrogens (tertiary/aromatic N) is 1. The van der Waals surface area contributed by atoms with Crippen LogP contribution in [0.1, 0.15) is 28.7 Å². The number of rotatable bonds is 6. The van der Waals surface area contributed by atoms with Crippen LogP contribution in [0.4, 0.5) is 5.69 Å². The van der Waals surface area contributed by atoms with Gasteiger partial charge >= 0.3 is 0 Å². The SMILES string of the molecule is Cc1ccc(CN2C(=O)C(O)(CC(=O)C=Cc3ccccc3)c3cc(Br)ccc32)cc1. The lowest BCUT2D eigenvalue weighted by Crippen LogP contribution is -2.41. The molecule has 0 aliphatic carbocycles. The monoisotopic (exact) mass is 475 g/mol. The van der Waals surface area contributed by atoms with Gasteiger partial charge < -0.3 is 10.0 Å². The molecule has 1 aliphatic rings. The number of amides is 1. The van der Waals surface area contributed by atoms with Gasteiger partial charge in [0.1, 0.15) is 0 Å². The molecule has 4 rings (SSSR count). The smallest absolute Gasteiger partial charge is 0.264 e. The lowest BCUT2D eigenvalue weighted by molar-refractivity contribution is -0.140. The molecule has 5 heteroatoms. The fraction of sp³-hybridized carbons (Fsp3) is 0.154. The van der Waals surface area contributed by atoms with E-state index in [4.69, 9.17) is 0 Å². The molecular weight excluding hydrogens is 454 g/mol. The number of carbonyl (C=O) groups excluding carboxylic acids is 2. The van der Waals surface area contributed by atoms with Crippen LogP contribution in [0.5, 0.6) is 0 Å². The average molecular weight is 476 g/mol. The zero-order chi connectivity index (χ0) is 22.0. The van der Waals surface area contributed by atoms with Crippen LogP contribution >= 0.6 is 15.9 Å². The van der Waals surface area contributed by atoms with Gasteiger partial charge in [-0.2, -0.15) is 0 Å². The van der Waals surface area contributed by atoms with Gasteiger partial charge in [0.2, 0.25) is 0 Å². The number of fused-ring (bicyclic) bond motifs is 1. The van der Waals surface area contributed by atoms with Gasteiger partial charge in [0, 0.05) is 10.0 Å². The fourth-order valence-corrected chi connectivity index (χ4v) is 4.15. The summed E-state index contributed by atoms with van der Waals surface area (Å²) in [5.74, 6) is -0.801. The molecule has 0 radical (unpaired) electrons. The molecule has 3 aromatic carbocycles. The molecule has 0 fully saturated rings. The van der Waals surface area contributed by atoms with Gasteiger partial charge in [-0.3, -0.25) is 9.59 Å². The summed E-state index contributed by atoms with van der Waals surface area (Å²) in [5, 5.41) is 11.4. The minimum atomic E-state index is -1.90. The molecule has 0 aromatic heterocycles. The van der Waals surface area contributed by atoms with Crippen molar-refractivity contribution in [2.75, 3.05) is 4.90 Å². The maximum absolute atomic E-state index is 13.4. The Morgan fingerprint density at radius 1 is 1.06 bits per heavy atom. The minimum absolute atomic E-state index is 0.316. The molecule has 1 aliphatic heterocycles. The van der Waals surface area contributed by atoms with Gasteiger partial charge in [0.25, 0.3) is 5.91 Å². The first-order valence-corrected chi connectivity index (χ1v) is 10.8. The third-order valence-electron chi connectivity index (χ3n) is 5.45. The molecular formula is C26H22BrNO3. The quantitative estimate of drug-likeness (QED) is 0.500. The van der Waals surface area contributed by atoms with Crippen molar-refractivity contribution in [1.29, 1.82) is 0 Å². The summed E-state index contributed by atoms with van der Waals surface area (Å²) < 4.78 is 0.738. The highest BCUT2D eigenvalue weighted by molar-refractivity contribution is 9.10. The van der Waals surface area contributed by atoms with Crippen LogP contribution in [0.15, 0.2) is 83.3 Å². The molecule has 156 valence electrons. The van der Waals surface area contributed by atoms with E-state index in [-0.39, 0.29) is 12.2 Å². The maximum Gasteiger partial charge on any atom is 0.264 e. The first-order valence-electron chi connectivity index (χ1n) is 10.0. The molecule has 0 saturated heterocycles. The summed E-state index contributed by atoms with van der Waals surface area (Å²) in [4.78, 5) is 27.6. The van der Waals surface area contributed by atoms with Gasteiger partial charge in [0.05, 0.1) is 18.7 Å². The first kappa shape index (κ1) is 21.2. The van der Waals surface area contributed by atoms with Gasteiger partial charge in [-0.25, -0.2) is 0 Å². The molecule has 0 saturated carbocycles. The summed E-state index contributed by atoms with van der Waals surface area (Å²) in [6.45, 7) is 2.33. The summed E-state index contributed by atoms with van der Waals surface area (Å²) >= 11 is 3.42. The first-order chi connectivity index (χ1) is 14.9. The van der Waals surface area contributed by atoms with Gasteiger partial charge in [-0.15, -0.1) is 0 Å². The van der Waals surface area contributed by atoms with Crippen molar-refractivity contribution in [2.45, 2.75) is 25.5 Å². The Balaban J connectivity index is 1.63. The number of anilines is 1. The number of allylic oxidation sites excluding steroid dienone is 1. The van der Waals surface area contributed by atoms with Crippen LogP contribution < -0.4 is 4.90 Å². The average Bonchev–Trinajstić information content (AvgIpc) is 2.96. The summed E-state index contributed by atoms with van der Waals surface area (Å²) in [5.41, 5.74) is 2.13. The Kier molecular flexibility index (Phi) is 5.90. The Hall–Kier alpha value is -3.02. The van der Waals surface area contributed by atoms with Crippen LogP contribution in [0.25, 0.3) is 6.08 Å². The van der Waals surface area contributed by atoms with E-state index in [2.05, 4.69) is 15.9 Å². The van der Waals surface area contributed by atoms with Crippen molar-refractivity contribution in [2.24, 2.45) is 0 Å². The summed E-state index contributed by atoms with van der Waals surface area (Å²) in [6, 6.07) is 22.7. The zero-order valence-corrected chi connectivity index (χ0v) is 18.7. The van der Waals surface area contributed by atoms with Crippen molar-refractivity contribution in [3.8, 4) is 0 Å². The zero-order valence-electron chi connectivity index (χ0n) is 17.1. The minimum Gasteiger partial charge on any atom is -0.375 e. The topological polar surface area (TPSA) is 57.6 Å². The largest absolute Gasteiger partial charge is 0.375 e. The second kappa shape index (κ2) is 8.61. The van der Waals surface area contributed by atoms with E-state index in [0.29, 0.717) is 17.8 Å². The van der Waals surface area contributed by atoms with Gasteiger partial charge in [-0.1, -0.05) is 82.2 Å². The van der Waals surface area contributed by atoms with Crippen LogP contribution in [-0.4, -0.2) is 16.8 Å². The number of aryl methyl sites for hydroxylation is 1. The second-order valence-electron chi connectivity index (χ2n) is 7.79. The molecule has 1 heterocycles. The molecule has 1 atom stereocenters. The van der Waals surface area contributed by atoms with Crippen molar-refractivity contribution >= 4 is 39.4 Å². The molecule has 3 aromatic rings. The lowest BCUT2D eigenvalue weighted by atomic mass is 9.89. The normalized spacial score (nSPS) is 17.9. The number of hydrogen-bond donors (Lipinski definition) is 1. The molecule has 4 nitrogen and oxygen atoms in total. The number of halogens is 1. The van der Waals surface area contributed by atoms with E-state index < -0.39 is 11.5 Å². The second-order valence-corrected chi connectivity index (χ2v) is 8.70. The van der Waals surface area contributed by atoms with E-state index in [1.54, 1.807) is 23.1 Å².